The Morgan fingerprint density at radius 1 is 0.933 bits per heavy atom. The summed E-state index contributed by atoms with van der Waals surface area (Å²) in [6, 6.07) is 0. The van der Waals surface area contributed by atoms with Crippen molar-refractivity contribution in [3.63, 3.8) is 0 Å². The van der Waals surface area contributed by atoms with E-state index in [-0.39, 0.29) is 0 Å². The van der Waals surface area contributed by atoms with Crippen molar-refractivity contribution >= 4 is 0 Å². The summed E-state index contributed by atoms with van der Waals surface area (Å²) < 4.78 is 10.7. The van der Waals surface area contributed by atoms with Crippen LogP contribution in [0, 0.1) is 0 Å². The molecule has 0 aromatic heterocycles. The molecule has 0 unspecified atom stereocenters. The minimum absolute atomic E-state index is 0.610. The average Bonchev–Trinajstić information content (AvgIpc) is 2.26. The number of rotatable bonds is 12. The molecule has 0 amide bonds. The number of hydrogen-bond donors (Lipinski definition) is 2. The highest BCUT2D eigenvalue weighted by Crippen LogP contribution is 1.86. The van der Waals surface area contributed by atoms with E-state index in [1.807, 2.05) is 0 Å². The molecule has 0 aliphatic heterocycles. The van der Waals surface area contributed by atoms with E-state index >= 15 is 0 Å². The quantitative estimate of drug-likeness (QED) is 0.475. The minimum atomic E-state index is 0.610. The van der Waals surface area contributed by atoms with Crippen molar-refractivity contribution in [1.82, 2.24) is 5.32 Å². The first kappa shape index (κ1) is 14.8. The van der Waals surface area contributed by atoms with Gasteiger partial charge in [-0.25, -0.2) is 0 Å². The molecule has 0 bridgehead atoms. The van der Waals surface area contributed by atoms with Crippen LogP contribution in [0.1, 0.15) is 26.2 Å². The van der Waals surface area contributed by atoms with Crippen molar-refractivity contribution in [2.75, 3.05) is 46.1 Å². The van der Waals surface area contributed by atoms with Gasteiger partial charge in [0.2, 0.25) is 0 Å². The van der Waals surface area contributed by atoms with Crippen LogP contribution >= 0.6 is 0 Å². The van der Waals surface area contributed by atoms with E-state index in [2.05, 4.69) is 12.2 Å². The van der Waals surface area contributed by atoms with E-state index in [0.717, 1.165) is 45.8 Å². The molecule has 0 aliphatic carbocycles. The molecule has 0 heterocycles. The molecule has 0 aliphatic rings. The first-order chi connectivity index (χ1) is 7.41. The number of hydrogen-bond acceptors (Lipinski definition) is 4. The summed E-state index contributed by atoms with van der Waals surface area (Å²) in [5, 5.41) is 3.30. The summed E-state index contributed by atoms with van der Waals surface area (Å²) in [4.78, 5) is 0. The van der Waals surface area contributed by atoms with Crippen LogP contribution in [0.4, 0.5) is 0 Å². The fraction of sp³-hybridized carbons (Fsp3) is 1.00. The van der Waals surface area contributed by atoms with Crippen molar-refractivity contribution in [2.45, 2.75) is 26.2 Å². The number of unbranched alkanes of at least 4 members (excludes halogenated alkanes) is 1. The van der Waals surface area contributed by atoms with Crippen LogP contribution in [0.25, 0.3) is 0 Å². The van der Waals surface area contributed by atoms with E-state index in [9.17, 15) is 0 Å². The van der Waals surface area contributed by atoms with Crippen LogP contribution in [0.15, 0.2) is 0 Å². The topological polar surface area (TPSA) is 56.5 Å². The number of nitrogens with one attached hydrogen (secondary N) is 1. The van der Waals surface area contributed by atoms with Gasteiger partial charge in [0.15, 0.2) is 0 Å². The minimum Gasteiger partial charge on any atom is -0.380 e. The highest BCUT2D eigenvalue weighted by molar-refractivity contribution is 4.46. The van der Waals surface area contributed by atoms with Gasteiger partial charge in [0.05, 0.1) is 13.2 Å². The normalized spacial score (nSPS) is 10.8. The van der Waals surface area contributed by atoms with Gasteiger partial charge in [-0.15, -0.1) is 0 Å². The van der Waals surface area contributed by atoms with Crippen LogP contribution in [-0.2, 0) is 9.47 Å². The van der Waals surface area contributed by atoms with Gasteiger partial charge in [0.25, 0.3) is 0 Å². The van der Waals surface area contributed by atoms with E-state index < -0.39 is 0 Å². The molecule has 4 nitrogen and oxygen atoms in total. The molecule has 0 spiro atoms. The fourth-order valence-electron chi connectivity index (χ4n) is 1.10. The Morgan fingerprint density at radius 2 is 1.67 bits per heavy atom. The molecular weight excluding hydrogens is 192 g/mol. The van der Waals surface area contributed by atoms with Gasteiger partial charge in [0, 0.05) is 26.3 Å². The lowest BCUT2D eigenvalue weighted by Gasteiger charge is -2.06. The molecule has 0 saturated heterocycles. The lowest BCUT2D eigenvalue weighted by molar-refractivity contribution is 0.127. The Kier molecular flexibility index (Phi) is 13.7. The third-order valence-electron chi connectivity index (χ3n) is 1.97. The monoisotopic (exact) mass is 218 g/mol. The van der Waals surface area contributed by atoms with E-state index in [1.165, 1.54) is 6.42 Å². The van der Waals surface area contributed by atoms with Gasteiger partial charge >= 0.3 is 0 Å². The Morgan fingerprint density at radius 3 is 2.40 bits per heavy atom. The largest absolute Gasteiger partial charge is 0.380 e. The van der Waals surface area contributed by atoms with Crippen LogP contribution in [0.5, 0.6) is 0 Å². The maximum Gasteiger partial charge on any atom is 0.0590 e. The van der Waals surface area contributed by atoms with Crippen molar-refractivity contribution in [3.05, 3.63) is 0 Å². The molecular formula is C11H26N2O2. The average molecular weight is 218 g/mol. The second kappa shape index (κ2) is 13.8. The van der Waals surface area contributed by atoms with Crippen LogP contribution < -0.4 is 11.1 Å². The molecule has 0 rings (SSSR count). The van der Waals surface area contributed by atoms with Crippen molar-refractivity contribution in [3.8, 4) is 0 Å². The van der Waals surface area contributed by atoms with Gasteiger partial charge in [-0.3, -0.25) is 0 Å². The maximum absolute atomic E-state index is 5.41. The lowest BCUT2D eigenvalue weighted by Crippen LogP contribution is -2.22. The zero-order chi connectivity index (χ0) is 11.2. The predicted octanol–water partition coefficient (Wildman–Crippen LogP) is 0.758. The summed E-state index contributed by atoms with van der Waals surface area (Å²) in [7, 11) is 0. The van der Waals surface area contributed by atoms with Crippen LogP contribution in [0.3, 0.4) is 0 Å². The van der Waals surface area contributed by atoms with Gasteiger partial charge < -0.3 is 20.5 Å². The van der Waals surface area contributed by atoms with Crippen LogP contribution in [-0.4, -0.2) is 46.1 Å². The van der Waals surface area contributed by atoms with Crippen LogP contribution in [0.2, 0.25) is 0 Å². The first-order valence-electron chi connectivity index (χ1n) is 5.98. The second-order valence-electron chi connectivity index (χ2n) is 3.47. The Hall–Kier alpha value is -0.160. The Labute approximate surface area is 93.5 Å². The van der Waals surface area contributed by atoms with Gasteiger partial charge in [-0.2, -0.15) is 0 Å². The standard InChI is InChI=1S/C11H26N2O2/c1-2-3-8-15-11-7-13-6-4-9-14-10-5-12/h13H,2-12H2,1H3. The predicted molar refractivity (Wildman–Crippen MR) is 63.1 cm³/mol. The zero-order valence-electron chi connectivity index (χ0n) is 9.96. The zero-order valence-corrected chi connectivity index (χ0v) is 9.96. The molecule has 0 aromatic rings. The smallest absolute Gasteiger partial charge is 0.0590 e. The fourth-order valence-corrected chi connectivity index (χ4v) is 1.10. The summed E-state index contributed by atoms with van der Waals surface area (Å²) in [5.74, 6) is 0. The summed E-state index contributed by atoms with van der Waals surface area (Å²) in [6.07, 6.45) is 3.40. The molecule has 0 saturated carbocycles. The lowest BCUT2D eigenvalue weighted by atomic mass is 10.4. The van der Waals surface area contributed by atoms with E-state index in [1.54, 1.807) is 0 Å². The second-order valence-corrected chi connectivity index (χ2v) is 3.47. The molecule has 0 radical (unpaired) electrons. The van der Waals surface area contributed by atoms with Gasteiger partial charge in [0.1, 0.15) is 0 Å². The van der Waals surface area contributed by atoms with Gasteiger partial charge in [-0.1, -0.05) is 13.3 Å². The summed E-state index contributed by atoms with van der Waals surface area (Å²) in [5.41, 5.74) is 5.29. The molecule has 3 N–H and O–H groups in total. The highest BCUT2D eigenvalue weighted by atomic mass is 16.5. The number of nitrogens with two attached hydrogens (primary N) is 1. The molecule has 0 atom stereocenters. The summed E-state index contributed by atoms with van der Waals surface area (Å²) >= 11 is 0. The molecule has 0 fully saturated rings. The maximum atomic E-state index is 5.41. The van der Waals surface area contributed by atoms with Gasteiger partial charge in [-0.05, 0) is 19.4 Å². The first-order valence-corrected chi connectivity index (χ1v) is 5.98. The third-order valence-corrected chi connectivity index (χ3v) is 1.97. The van der Waals surface area contributed by atoms with Crippen molar-refractivity contribution in [2.24, 2.45) is 5.73 Å². The Bertz CT molecular complexity index is 101. The van der Waals surface area contributed by atoms with E-state index in [4.69, 9.17) is 15.2 Å². The summed E-state index contributed by atoms with van der Waals surface area (Å²) in [6.45, 7) is 7.85. The Balaban J connectivity index is 2.81. The molecule has 92 valence electrons. The molecule has 4 heteroatoms. The van der Waals surface area contributed by atoms with E-state index in [0.29, 0.717) is 13.2 Å². The van der Waals surface area contributed by atoms with Crippen molar-refractivity contribution < 1.29 is 9.47 Å². The molecule has 0 aromatic carbocycles. The van der Waals surface area contributed by atoms with Crippen molar-refractivity contribution in [1.29, 1.82) is 0 Å². The highest BCUT2D eigenvalue weighted by Gasteiger charge is 1.90. The third kappa shape index (κ3) is 13.8. The SMILES string of the molecule is CCCCOCCNCCCOCCN. The number of ether oxygens (including phenoxy) is 2. The molecule has 15 heavy (non-hydrogen) atoms.